The molecule has 8 heteroatoms. The SMILES string of the molecule is COC(=O)[C@@H](Cc1cc([N+](=O)[O-])ccc1OC)NC(=O)C12CC3CC(CC(C3)C1)C2. The number of non-ortho nitro benzene ring substituents is 1. The summed E-state index contributed by atoms with van der Waals surface area (Å²) in [5.41, 5.74) is -0.0110. The van der Waals surface area contributed by atoms with Crippen LogP contribution in [-0.4, -0.2) is 37.1 Å². The summed E-state index contributed by atoms with van der Waals surface area (Å²) in [6.45, 7) is 0. The number of amides is 1. The van der Waals surface area contributed by atoms with Crippen molar-refractivity contribution in [3.63, 3.8) is 0 Å². The van der Waals surface area contributed by atoms with Crippen LogP contribution in [0.3, 0.4) is 0 Å². The van der Waals surface area contributed by atoms with Crippen molar-refractivity contribution in [2.75, 3.05) is 14.2 Å². The fraction of sp³-hybridized carbons (Fsp3) is 0.636. The van der Waals surface area contributed by atoms with Gasteiger partial charge in [0.1, 0.15) is 11.8 Å². The molecule has 0 aromatic heterocycles. The number of nitrogens with zero attached hydrogens (tertiary/aromatic N) is 1. The summed E-state index contributed by atoms with van der Waals surface area (Å²) in [5, 5.41) is 14.1. The van der Waals surface area contributed by atoms with Crippen molar-refractivity contribution in [3.8, 4) is 5.75 Å². The molecule has 4 fully saturated rings. The second-order valence-electron chi connectivity index (χ2n) is 9.20. The van der Waals surface area contributed by atoms with Crippen LogP contribution < -0.4 is 10.1 Å². The Morgan fingerprint density at radius 2 is 1.77 bits per heavy atom. The molecular weight excluding hydrogens is 388 g/mol. The third-order valence-electron chi connectivity index (χ3n) is 7.21. The number of carbonyl (C=O) groups is 2. The Balaban J connectivity index is 1.56. The lowest BCUT2D eigenvalue weighted by Gasteiger charge is -2.55. The number of benzene rings is 1. The molecular formula is C22H28N2O6. The number of nitro groups is 1. The van der Waals surface area contributed by atoms with E-state index in [9.17, 15) is 19.7 Å². The van der Waals surface area contributed by atoms with Gasteiger partial charge in [0.05, 0.1) is 19.1 Å². The third kappa shape index (κ3) is 3.75. The zero-order valence-corrected chi connectivity index (χ0v) is 17.4. The Morgan fingerprint density at radius 1 is 1.17 bits per heavy atom. The number of nitro benzene ring substituents is 1. The normalized spacial score (nSPS) is 29.9. The molecule has 4 saturated carbocycles. The van der Waals surface area contributed by atoms with E-state index >= 15 is 0 Å². The first kappa shape index (κ1) is 20.6. The van der Waals surface area contributed by atoms with Crippen molar-refractivity contribution in [3.05, 3.63) is 33.9 Å². The van der Waals surface area contributed by atoms with E-state index < -0.39 is 22.3 Å². The molecule has 1 aromatic rings. The first-order valence-corrected chi connectivity index (χ1v) is 10.5. The number of nitrogens with one attached hydrogen (secondary N) is 1. The second-order valence-corrected chi connectivity index (χ2v) is 9.20. The molecule has 1 aromatic carbocycles. The molecule has 1 N–H and O–H groups in total. The van der Waals surface area contributed by atoms with Gasteiger partial charge in [0, 0.05) is 29.5 Å². The predicted octanol–water partition coefficient (Wildman–Crippen LogP) is 3.02. The lowest BCUT2D eigenvalue weighted by Crippen LogP contribution is -2.56. The van der Waals surface area contributed by atoms with E-state index in [0.717, 1.165) is 19.3 Å². The molecule has 4 aliphatic rings. The Kier molecular flexibility index (Phi) is 5.42. The number of rotatable bonds is 7. The highest BCUT2D eigenvalue weighted by Gasteiger charge is 2.55. The van der Waals surface area contributed by atoms with Gasteiger partial charge in [-0.15, -0.1) is 0 Å². The van der Waals surface area contributed by atoms with E-state index in [1.165, 1.54) is 51.7 Å². The zero-order chi connectivity index (χ0) is 21.5. The summed E-state index contributed by atoms with van der Waals surface area (Å²) in [5.74, 6) is 1.60. The quantitative estimate of drug-likeness (QED) is 0.416. The van der Waals surface area contributed by atoms with Crippen molar-refractivity contribution in [2.24, 2.45) is 23.2 Å². The number of hydrogen-bond acceptors (Lipinski definition) is 6. The van der Waals surface area contributed by atoms with Crippen molar-refractivity contribution in [1.29, 1.82) is 0 Å². The van der Waals surface area contributed by atoms with Crippen LogP contribution in [0.4, 0.5) is 5.69 Å². The smallest absolute Gasteiger partial charge is 0.328 e. The standard InChI is InChI=1S/C22H28N2O6/c1-29-19-4-3-17(24(27)28)8-16(19)9-18(20(25)30-2)23-21(26)22-10-13-5-14(11-22)7-15(6-13)12-22/h3-4,8,13-15,18H,5-7,9-12H2,1-2H3,(H,23,26)/t13?,14?,15?,18-,22?/m1/s1. The van der Waals surface area contributed by atoms with Gasteiger partial charge in [0.2, 0.25) is 5.91 Å². The number of carbonyl (C=O) groups excluding carboxylic acids is 2. The van der Waals surface area contributed by atoms with Crippen LogP contribution in [-0.2, 0) is 20.7 Å². The maximum atomic E-state index is 13.4. The third-order valence-corrected chi connectivity index (χ3v) is 7.21. The summed E-state index contributed by atoms with van der Waals surface area (Å²) in [4.78, 5) is 36.5. The molecule has 5 rings (SSSR count). The van der Waals surface area contributed by atoms with Crippen LogP contribution in [0.5, 0.6) is 5.75 Å². The zero-order valence-electron chi connectivity index (χ0n) is 17.4. The Morgan fingerprint density at radius 3 is 2.27 bits per heavy atom. The molecule has 1 amide bonds. The maximum absolute atomic E-state index is 13.4. The average molecular weight is 416 g/mol. The molecule has 30 heavy (non-hydrogen) atoms. The molecule has 0 radical (unpaired) electrons. The van der Waals surface area contributed by atoms with Crippen LogP contribution in [0.15, 0.2) is 18.2 Å². The summed E-state index contributed by atoms with van der Waals surface area (Å²) in [6, 6.07) is 3.31. The highest BCUT2D eigenvalue weighted by atomic mass is 16.6. The molecule has 0 spiro atoms. The minimum absolute atomic E-state index is 0.0651. The van der Waals surface area contributed by atoms with E-state index in [1.54, 1.807) is 0 Å². The van der Waals surface area contributed by atoms with Gasteiger partial charge < -0.3 is 14.8 Å². The predicted molar refractivity (Wildman–Crippen MR) is 108 cm³/mol. The van der Waals surface area contributed by atoms with Gasteiger partial charge in [0.15, 0.2) is 0 Å². The van der Waals surface area contributed by atoms with Gasteiger partial charge >= 0.3 is 5.97 Å². The molecule has 162 valence electrons. The second kappa shape index (κ2) is 7.89. The summed E-state index contributed by atoms with van der Waals surface area (Å²) < 4.78 is 10.2. The van der Waals surface area contributed by atoms with Crippen LogP contribution in [0.1, 0.15) is 44.1 Å². The lowest BCUT2D eigenvalue weighted by molar-refractivity contribution is -0.384. The summed E-state index contributed by atoms with van der Waals surface area (Å²) in [6.07, 6.45) is 6.39. The van der Waals surface area contributed by atoms with E-state index in [0.29, 0.717) is 29.1 Å². The van der Waals surface area contributed by atoms with Gasteiger partial charge in [-0.3, -0.25) is 14.9 Å². The maximum Gasteiger partial charge on any atom is 0.328 e. The lowest BCUT2D eigenvalue weighted by atomic mass is 9.49. The van der Waals surface area contributed by atoms with E-state index in [-0.39, 0.29) is 18.0 Å². The molecule has 4 bridgehead atoms. The average Bonchev–Trinajstić information content (AvgIpc) is 2.71. The Hall–Kier alpha value is -2.64. The van der Waals surface area contributed by atoms with Gasteiger partial charge in [-0.1, -0.05) is 0 Å². The first-order valence-electron chi connectivity index (χ1n) is 10.5. The highest BCUT2D eigenvalue weighted by Crippen LogP contribution is 2.60. The molecule has 4 aliphatic carbocycles. The molecule has 0 saturated heterocycles. The van der Waals surface area contributed by atoms with Crippen molar-refractivity contribution in [2.45, 2.75) is 51.0 Å². The number of ether oxygens (including phenoxy) is 2. The van der Waals surface area contributed by atoms with E-state index in [1.807, 2.05) is 0 Å². The highest BCUT2D eigenvalue weighted by molar-refractivity contribution is 5.88. The number of methoxy groups -OCH3 is 2. The van der Waals surface area contributed by atoms with E-state index in [2.05, 4.69) is 5.32 Å². The van der Waals surface area contributed by atoms with Crippen LogP contribution in [0.25, 0.3) is 0 Å². The van der Waals surface area contributed by atoms with Crippen LogP contribution >= 0.6 is 0 Å². The molecule has 8 nitrogen and oxygen atoms in total. The summed E-state index contributed by atoms with van der Waals surface area (Å²) in [7, 11) is 2.74. The van der Waals surface area contributed by atoms with Crippen molar-refractivity contribution in [1.82, 2.24) is 5.32 Å². The van der Waals surface area contributed by atoms with Gasteiger partial charge in [0.25, 0.3) is 5.69 Å². The number of hydrogen-bond donors (Lipinski definition) is 1. The van der Waals surface area contributed by atoms with Crippen molar-refractivity contribution >= 4 is 17.6 Å². The Bertz CT molecular complexity index is 832. The molecule has 0 aliphatic heterocycles. The fourth-order valence-electron chi connectivity index (χ4n) is 6.29. The van der Waals surface area contributed by atoms with Gasteiger partial charge in [-0.05, 0) is 62.3 Å². The molecule has 0 unspecified atom stereocenters. The van der Waals surface area contributed by atoms with Gasteiger partial charge in [-0.2, -0.15) is 0 Å². The first-order chi connectivity index (χ1) is 14.3. The Labute approximate surface area is 175 Å². The minimum Gasteiger partial charge on any atom is -0.496 e. The largest absolute Gasteiger partial charge is 0.496 e. The molecule has 1 atom stereocenters. The molecule has 0 heterocycles. The van der Waals surface area contributed by atoms with Gasteiger partial charge in [-0.25, -0.2) is 4.79 Å². The van der Waals surface area contributed by atoms with Crippen molar-refractivity contribution < 1.29 is 24.0 Å². The van der Waals surface area contributed by atoms with E-state index in [4.69, 9.17) is 9.47 Å². The number of esters is 1. The van der Waals surface area contributed by atoms with Crippen LogP contribution in [0, 0.1) is 33.3 Å². The fourth-order valence-corrected chi connectivity index (χ4v) is 6.29. The summed E-state index contributed by atoms with van der Waals surface area (Å²) >= 11 is 0. The minimum atomic E-state index is -0.925. The topological polar surface area (TPSA) is 108 Å². The van der Waals surface area contributed by atoms with Crippen LogP contribution in [0.2, 0.25) is 0 Å². The monoisotopic (exact) mass is 416 g/mol.